The SMILES string of the molecule is C=C(O)c1ccc2cnn(-c3nc(N4CCN(c5ccc(O)cc5)CC4)nc4c3ncn4CC(=O)O)c2c1. The molecule has 192 valence electrons. The molecule has 0 radical (unpaired) electrons. The van der Waals surface area contributed by atoms with Crippen molar-refractivity contribution in [3.8, 4) is 11.6 Å². The fraction of sp³-hybridized carbons (Fsp3) is 0.192. The van der Waals surface area contributed by atoms with Crippen LogP contribution in [0.25, 0.3) is 33.6 Å². The lowest BCUT2D eigenvalue weighted by atomic mass is 10.1. The molecule has 1 aliphatic rings. The van der Waals surface area contributed by atoms with Crippen molar-refractivity contribution in [1.82, 2.24) is 29.3 Å². The monoisotopic (exact) mass is 512 g/mol. The average Bonchev–Trinajstić information content (AvgIpc) is 3.52. The Morgan fingerprint density at radius 2 is 1.71 bits per heavy atom. The van der Waals surface area contributed by atoms with E-state index in [0.717, 1.165) is 11.1 Å². The van der Waals surface area contributed by atoms with E-state index in [-0.39, 0.29) is 18.1 Å². The number of fused-ring (bicyclic) bond motifs is 2. The number of carboxylic acid groups (broad SMARTS) is 1. The van der Waals surface area contributed by atoms with E-state index in [1.54, 1.807) is 35.1 Å². The predicted molar refractivity (Wildman–Crippen MR) is 142 cm³/mol. The minimum absolute atomic E-state index is 0.0644. The molecule has 0 amide bonds. The first kappa shape index (κ1) is 23.3. The molecule has 1 saturated heterocycles. The van der Waals surface area contributed by atoms with E-state index in [1.165, 1.54) is 10.9 Å². The standard InChI is InChI=1S/C26H24N8O4/c1-16(35)17-2-3-18-13-28-34(21(18)12-17)25-23-24(33(15-27-23)14-22(37)38)29-26(30-25)32-10-8-31(9-11-32)19-4-6-20(36)7-5-19/h2-7,12-13,15,35-36H,1,8-11,14H2,(H,37,38). The molecular weight excluding hydrogens is 488 g/mol. The summed E-state index contributed by atoms with van der Waals surface area (Å²) < 4.78 is 3.10. The predicted octanol–water partition coefficient (Wildman–Crippen LogP) is 2.81. The summed E-state index contributed by atoms with van der Waals surface area (Å²) >= 11 is 0. The second kappa shape index (κ2) is 9.07. The van der Waals surface area contributed by atoms with Gasteiger partial charge in [-0.15, -0.1) is 0 Å². The molecule has 38 heavy (non-hydrogen) atoms. The van der Waals surface area contributed by atoms with Gasteiger partial charge in [0.25, 0.3) is 0 Å². The van der Waals surface area contributed by atoms with Crippen molar-refractivity contribution < 1.29 is 20.1 Å². The highest BCUT2D eigenvalue weighted by Crippen LogP contribution is 2.28. The Labute approximate surface area is 216 Å². The van der Waals surface area contributed by atoms with Gasteiger partial charge in [-0.1, -0.05) is 18.7 Å². The number of carbonyl (C=O) groups is 1. The molecule has 12 heteroatoms. The molecule has 3 N–H and O–H groups in total. The Balaban J connectivity index is 1.42. The number of nitrogens with zero attached hydrogens (tertiary/aromatic N) is 8. The number of carboxylic acids is 1. The maximum Gasteiger partial charge on any atom is 0.323 e. The summed E-state index contributed by atoms with van der Waals surface area (Å²) in [5.74, 6) is -0.00194. The van der Waals surface area contributed by atoms with Crippen molar-refractivity contribution in [3.05, 3.63) is 67.1 Å². The van der Waals surface area contributed by atoms with E-state index in [4.69, 9.17) is 9.97 Å². The van der Waals surface area contributed by atoms with Gasteiger partial charge in [0.1, 0.15) is 18.1 Å². The van der Waals surface area contributed by atoms with Crippen LogP contribution in [0.3, 0.4) is 0 Å². The van der Waals surface area contributed by atoms with Crippen LogP contribution in [0, 0.1) is 0 Å². The van der Waals surface area contributed by atoms with E-state index in [0.29, 0.717) is 60.2 Å². The molecule has 1 aliphatic heterocycles. The summed E-state index contributed by atoms with van der Waals surface area (Å²) in [6, 6.07) is 12.5. The minimum Gasteiger partial charge on any atom is -0.508 e. The summed E-state index contributed by atoms with van der Waals surface area (Å²) in [7, 11) is 0. The number of aliphatic carboxylic acids is 1. The molecular formula is C26H24N8O4. The highest BCUT2D eigenvalue weighted by Gasteiger charge is 2.24. The molecule has 12 nitrogen and oxygen atoms in total. The van der Waals surface area contributed by atoms with Crippen LogP contribution in [0.15, 0.2) is 61.6 Å². The third-order valence-electron chi connectivity index (χ3n) is 6.62. The molecule has 0 bridgehead atoms. The summed E-state index contributed by atoms with van der Waals surface area (Å²) in [6.07, 6.45) is 3.13. The van der Waals surface area contributed by atoms with Crippen LogP contribution in [0.4, 0.5) is 11.6 Å². The van der Waals surface area contributed by atoms with Gasteiger partial charge in [-0.05, 0) is 30.3 Å². The molecule has 0 atom stereocenters. The van der Waals surface area contributed by atoms with Crippen molar-refractivity contribution >= 4 is 45.4 Å². The number of aliphatic hydroxyl groups is 1. The van der Waals surface area contributed by atoms with Gasteiger partial charge in [0.05, 0.1) is 18.0 Å². The number of imidazole rings is 1. The number of aromatic hydroxyl groups is 1. The Kier molecular flexibility index (Phi) is 5.56. The third kappa shape index (κ3) is 4.11. The molecule has 0 saturated carbocycles. The first-order chi connectivity index (χ1) is 18.4. The van der Waals surface area contributed by atoms with Crippen molar-refractivity contribution in [1.29, 1.82) is 0 Å². The molecule has 1 fully saturated rings. The van der Waals surface area contributed by atoms with Gasteiger partial charge < -0.3 is 29.7 Å². The van der Waals surface area contributed by atoms with Gasteiger partial charge in [0, 0.05) is 42.8 Å². The van der Waals surface area contributed by atoms with Crippen LogP contribution in [0.2, 0.25) is 0 Å². The number of hydrogen-bond acceptors (Lipinski definition) is 9. The van der Waals surface area contributed by atoms with Crippen LogP contribution < -0.4 is 9.80 Å². The van der Waals surface area contributed by atoms with E-state index in [9.17, 15) is 20.1 Å². The van der Waals surface area contributed by atoms with E-state index >= 15 is 0 Å². The molecule has 6 rings (SSSR count). The summed E-state index contributed by atoms with van der Waals surface area (Å²) in [4.78, 5) is 29.8. The van der Waals surface area contributed by atoms with Gasteiger partial charge in [-0.3, -0.25) is 4.79 Å². The third-order valence-corrected chi connectivity index (χ3v) is 6.62. The van der Waals surface area contributed by atoms with Crippen molar-refractivity contribution in [2.45, 2.75) is 6.54 Å². The minimum atomic E-state index is -1.01. The first-order valence-electron chi connectivity index (χ1n) is 12.0. The maximum atomic E-state index is 11.5. The van der Waals surface area contributed by atoms with Crippen LogP contribution in [-0.4, -0.2) is 76.8 Å². The van der Waals surface area contributed by atoms with Gasteiger partial charge in [0.2, 0.25) is 5.95 Å². The fourth-order valence-electron chi connectivity index (χ4n) is 4.66. The fourth-order valence-corrected chi connectivity index (χ4v) is 4.66. The van der Waals surface area contributed by atoms with Crippen LogP contribution in [-0.2, 0) is 11.3 Å². The van der Waals surface area contributed by atoms with Crippen molar-refractivity contribution in [2.75, 3.05) is 36.0 Å². The number of anilines is 2. The van der Waals surface area contributed by atoms with Crippen molar-refractivity contribution in [2.24, 2.45) is 0 Å². The number of aliphatic hydroxyl groups excluding tert-OH is 1. The van der Waals surface area contributed by atoms with Gasteiger partial charge in [0.15, 0.2) is 17.0 Å². The summed E-state index contributed by atoms with van der Waals surface area (Å²) in [6.45, 7) is 6.00. The van der Waals surface area contributed by atoms with Crippen LogP contribution >= 0.6 is 0 Å². The largest absolute Gasteiger partial charge is 0.508 e. The topological polar surface area (TPSA) is 146 Å². The summed E-state index contributed by atoms with van der Waals surface area (Å²) in [5, 5.41) is 34.3. The van der Waals surface area contributed by atoms with Gasteiger partial charge >= 0.3 is 5.97 Å². The molecule has 0 aliphatic carbocycles. The number of piperazine rings is 1. The van der Waals surface area contributed by atoms with E-state index in [2.05, 4.69) is 21.6 Å². The number of phenolic OH excluding ortho intramolecular Hbond substituents is 1. The zero-order chi connectivity index (χ0) is 26.4. The second-order valence-corrected chi connectivity index (χ2v) is 9.05. The quantitative estimate of drug-likeness (QED) is 0.290. The lowest BCUT2D eigenvalue weighted by Gasteiger charge is -2.36. The number of rotatable bonds is 6. The Hall–Kier alpha value is -5.13. The smallest absolute Gasteiger partial charge is 0.323 e. The maximum absolute atomic E-state index is 11.5. The number of benzene rings is 2. The van der Waals surface area contributed by atoms with Gasteiger partial charge in [-0.2, -0.15) is 15.1 Å². The normalized spacial score (nSPS) is 13.9. The van der Waals surface area contributed by atoms with Crippen molar-refractivity contribution in [3.63, 3.8) is 0 Å². The Morgan fingerprint density at radius 3 is 2.42 bits per heavy atom. The van der Waals surface area contributed by atoms with E-state index in [1.807, 2.05) is 23.1 Å². The molecule has 0 unspecified atom stereocenters. The zero-order valence-electron chi connectivity index (χ0n) is 20.3. The second-order valence-electron chi connectivity index (χ2n) is 9.05. The highest BCUT2D eigenvalue weighted by molar-refractivity contribution is 5.87. The first-order valence-corrected chi connectivity index (χ1v) is 12.0. The molecule has 4 heterocycles. The van der Waals surface area contributed by atoms with Gasteiger partial charge in [-0.25, -0.2) is 9.67 Å². The van der Waals surface area contributed by atoms with Crippen LogP contribution in [0.1, 0.15) is 5.56 Å². The molecule has 2 aromatic carbocycles. The molecule has 0 spiro atoms. The Morgan fingerprint density at radius 1 is 0.974 bits per heavy atom. The Bertz CT molecular complexity index is 1680. The van der Waals surface area contributed by atoms with E-state index < -0.39 is 5.97 Å². The number of aromatic nitrogens is 6. The van der Waals surface area contributed by atoms with Crippen LogP contribution in [0.5, 0.6) is 5.75 Å². The summed E-state index contributed by atoms with van der Waals surface area (Å²) in [5.41, 5.74) is 3.05. The zero-order valence-corrected chi connectivity index (χ0v) is 20.3. The average molecular weight is 513 g/mol. The lowest BCUT2D eigenvalue weighted by Crippen LogP contribution is -2.47. The lowest BCUT2D eigenvalue weighted by molar-refractivity contribution is -0.137. The number of phenols is 1. The molecule has 3 aromatic heterocycles. The number of hydrogen-bond donors (Lipinski definition) is 3. The highest BCUT2D eigenvalue weighted by atomic mass is 16.4. The molecule has 5 aromatic rings.